The third kappa shape index (κ3) is 4.60. The van der Waals surface area contributed by atoms with Crippen molar-refractivity contribution < 1.29 is 4.79 Å². The summed E-state index contributed by atoms with van der Waals surface area (Å²) in [6, 6.07) is 11.6. The second-order valence-electron chi connectivity index (χ2n) is 5.17. The Kier molecular flexibility index (Phi) is 5.32. The van der Waals surface area contributed by atoms with E-state index in [9.17, 15) is 4.79 Å². The molecule has 0 saturated carbocycles. The molecule has 0 spiro atoms. The molecule has 2 rings (SSSR count). The highest BCUT2D eigenvalue weighted by Gasteiger charge is 2.06. The van der Waals surface area contributed by atoms with Gasteiger partial charge in [-0.1, -0.05) is 12.1 Å². The fourth-order valence-corrected chi connectivity index (χ4v) is 2.07. The van der Waals surface area contributed by atoms with E-state index in [1.165, 1.54) is 5.56 Å². The van der Waals surface area contributed by atoms with Crippen LogP contribution in [0.25, 0.3) is 0 Å². The van der Waals surface area contributed by atoms with Crippen LogP contribution >= 0.6 is 0 Å². The van der Waals surface area contributed by atoms with Crippen molar-refractivity contribution in [2.45, 2.75) is 12.8 Å². The number of pyridine rings is 1. The Labute approximate surface area is 125 Å². The lowest BCUT2D eigenvalue weighted by Gasteiger charge is -2.13. The van der Waals surface area contributed by atoms with Crippen LogP contribution in [0.2, 0.25) is 0 Å². The molecule has 0 bridgehead atoms. The SMILES string of the molecule is CN(C)c1cccc(C(=O)NCCCc2cccnc2)c1. The van der Waals surface area contributed by atoms with Crippen LogP contribution in [-0.2, 0) is 6.42 Å². The van der Waals surface area contributed by atoms with E-state index < -0.39 is 0 Å². The van der Waals surface area contributed by atoms with E-state index in [-0.39, 0.29) is 5.91 Å². The average Bonchev–Trinajstić information content (AvgIpc) is 2.52. The molecule has 1 aromatic heterocycles. The quantitative estimate of drug-likeness (QED) is 0.829. The third-order valence-corrected chi connectivity index (χ3v) is 3.28. The van der Waals surface area contributed by atoms with Gasteiger partial charge >= 0.3 is 0 Å². The van der Waals surface area contributed by atoms with E-state index in [2.05, 4.69) is 16.4 Å². The highest BCUT2D eigenvalue weighted by Crippen LogP contribution is 2.13. The van der Waals surface area contributed by atoms with Crippen LogP contribution in [0.3, 0.4) is 0 Å². The zero-order chi connectivity index (χ0) is 15.1. The number of anilines is 1. The molecule has 0 atom stereocenters. The molecule has 0 aliphatic carbocycles. The van der Waals surface area contributed by atoms with Gasteiger partial charge in [-0.15, -0.1) is 0 Å². The monoisotopic (exact) mass is 283 g/mol. The van der Waals surface area contributed by atoms with Gasteiger partial charge in [0.25, 0.3) is 5.91 Å². The van der Waals surface area contributed by atoms with Crippen molar-refractivity contribution in [3.63, 3.8) is 0 Å². The van der Waals surface area contributed by atoms with Gasteiger partial charge in [0.05, 0.1) is 0 Å². The first kappa shape index (κ1) is 15.0. The lowest BCUT2D eigenvalue weighted by Crippen LogP contribution is -2.25. The van der Waals surface area contributed by atoms with Gasteiger partial charge in [-0.2, -0.15) is 0 Å². The first-order chi connectivity index (χ1) is 10.2. The number of carbonyl (C=O) groups is 1. The van der Waals surface area contributed by atoms with E-state index in [1.807, 2.05) is 55.5 Å². The van der Waals surface area contributed by atoms with Crippen molar-refractivity contribution in [2.24, 2.45) is 0 Å². The van der Waals surface area contributed by atoms with Crippen LogP contribution < -0.4 is 10.2 Å². The number of nitrogens with one attached hydrogen (secondary N) is 1. The summed E-state index contributed by atoms with van der Waals surface area (Å²) in [4.78, 5) is 18.2. The van der Waals surface area contributed by atoms with Crippen LogP contribution in [0.4, 0.5) is 5.69 Å². The van der Waals surface area contributed by atoms with Crippen LogP contribution in [0, 0.1) is 0 Å². The van der Waals surface area contributed by atoms with Gasteiger partial charge in [0.2, 0.25) is 0 Å². The molecule has 1 amide bonds. The van der Waals surface area contributed by atoms with E-state index in [4.69, 9.17) is 0 Å². The maximum atomic E-state index is 12.1. The fourth-order valence-electron chi connectivity index (χ4n) is 2.07. The Hall–Kier alpha value is -2.36. The molecule has 0 fully saturated rings. The number of benzene rings is 1. The van der Waals surface area contributed by atoms with Gasteiger partial charge in [-0.3, -0.25) is 9.78 Å². The molecule has 0 unspecified atom stereocenters. The normalized spacial score (nSPS) is 10.2. The molecule has 4 heteroatoms. The summed E-state index contributed by atoms with van der Waals surface area (Å²) in [5.41, 5.74) is 2.92. The zero-order valence-electron chi connectivity index (χ0n) is 12.5. The number of carbonyl (C=O) groups excluding carboxylic acids is 1. The largest absolute Gasteiger partial charge is 0.378 e. The highest BCUT2D eigenvalue weighted by atomic mass is 16.1. The minimum Gasteiger partial charge on any atom is -0.378 e. The van der Waals surface area contributed by atoms with Gasteiger partial charge in [0.1, 0.15) is 0 Å². The molecule has 2 aromatic rings. The summed E-state index contributed by atoms with van der Waals surface area (Å²) in [6.45, 7) is 0.667. The predicted molar refractivity (Wildman–Crippen MR) is 85.7 cm³/mol. The molecule has 1 N–H and O–H groups in total. The molecular formula is C17H21N3O. The van der Waals surface area contributed by atoms with E-state index in [0.29, 0.717) is 12.1 Å². The third-order valence-electron chi connectivity index (χ3n) is 3.28. The Morgan fingerprint density at radius 2 is 2.10 bits per heavy atom. The summed E-state index contributed by atoms with van der Waals surface area (Å²) in [7, 11) is 3.93. The van der Waals surface area contributed by atoms with Crippen LogP contribution in [0.1, 0.15) is 22.3 Å². The number of rotatable bonds is 6. The van der Waals surface area contributed by atoms with Crippen LogP contribution in [-0.4, -0.2) is 31.5 Å². The molecule has 1 heterocycles. The lowest BCUT2D eigenvalue weighted by atomic mass is 10.1. The van der Waals surface area contributed by atoms with Gasteiger partial charge in [-0.25, -0.2) is 0 Å². The van der Waals surface area contributed by atoms with Crippen molar-refractivity contribution in [1.29, 1.82) is 0 Å². The Balaban J connectivity index is 1.81. The summed E-state index contributed by atoms with van der Waals surface area (Å²) < 4.78 is 0. The molecule has 1 aromatic carbocycles. The van der Waals surface area contributed by atoms with Crippen molar-refractivity contribution in [3.05, 3.63) is 59.9 Å². The maximum Gasteiger partial charge on any atom is 0.251 e. The number of nitrogens with zero attached hydrogens (tertiary/aromatic N) is 2. The minimum atomic E-state index is -0.0233. The van der Waals surface area contributed by atoms with E-state index >= 15 is 0 Å². The molecule has 4 nitrogen and oxygen atoms in total. The Morgan fingerprint density at radius 3 is 2.81 bits per heavy atom. The van der Waals surface area contributed by atoms with Gasteiger partial charge in [-0.05, 0) is 42.7 Å². The summed E-state index contributed by atoms with van der Waals surface area (Å²) in [5.74, 6) is -0.0233. The standard InChI is InChI=1S/C17H21N3O/c1-20(2)16-9-3-8-15(12-16)17(21)19-11-5-7-14-6-4-10-18-13-14/h3-4,6,8-10,12-13H,5,7,11H2,1-2H3,(H,19,21). The van der Waals surface area contributed by atoms with Gasteiger partial charge in [0.15, 0.2) is 0 Å². The smallest absolute Gasteiger partial charge is 0.251 e. The molecule has 0 aliphatic heterocycles. The summed E-state index contributed by atoms with van der Waals surface area (Å²) >= 11 is 0. The van der Waals surface area contributed by atoms with Crippen molar-refractivity contribution in [2.75, 3.05) is 25.5 Å². The average molecular weight is 283 g/mol. The van der Waals surface area contributed by atoms with Gasteiger partial charge in [0, 0.05) is 44.3 Å². The van der Waals surface area contributed by atoms with Crippen molar-refractivity contribution >= 4 is 11.6 Å². The Morgan fingerprint density at radius 1 is 1.24 bits per heavy atom. The van der Waals surface area contributed by atoms with Crippen LogP contribution in [0.5, 0.6) is 0 Å². The van der Waals surface area contributed by atoms with E-state index in [0.717, 1.165) is 18.5 Å². The fraction of sp³-hybridized carbons (Fsp3) is 0.294. The topological polar surface area (TPSA) is 45.2 Å². The van der Waals surface area contributed by atoms with Gasteiger partial charge < -0.3 is 10.2 Å². The first-order valence-corrected chi connectivity index (χ1v) is 7.11. The second-order valence-corrected chi connectivity index (χ2v) is 5.17. The second kappa shape index (κ2) is 7.43. The highest BCUT2D eigenvalue weighted by molar-refractivity contribution is 5.95. The summed E-state index contributed by atoms with van der Waals surface area (Å²) in [5, 5.41) is 2.96. The minimum absolute atomic E-state index is 0.0233. The predicted octanol–water partition coefficient (Wildman–Crippen LogP) is 2.51. The maximum absolute atomic E-state index is 12.1. The lowest BCUT2D eigenvalue weighted by molar-refractivity contribution is 0.0953. The molecule has 110 valence electrons. The van der Waals surface area contributed by atoms with Crippen molar-refractivity contribution in [3.8, 4) is 0 Å². The Bertz CT molecular complexity index is 582. The number of aryl methyl sites for hydroxylation is 1. The summed E-state index contributed by atoms with van der Waals surface area (Å²) in [6.07, 6.45) is 5.46. The molecule has 21 heavy (non-hydrogen) atoms. The molecule has 0 radical (unpaired) electrons. The first-order valence-electron chi connectivity index (χ1n) is 7.11. The molecular weight excluding hydrogens is 262 g/mol. The molecule has 0 aliphatic rings. The zero-order valence-corrected chi connectivity index (χ0v) is 12.5. The number of aromatic nitrogens is 1. The number of hydrogen-bond acceptors (Lipinski definition) is 3. The van der Waals surface area contributed by atoms with Crippen LogP contribution in [0.15, 0.2) is 48.8 Å². The number of amides is 1. The number of hydrogen-bond donors (Lipinski definition) is 1. The molecule has 0 saturated heterocycles. The van der Waals surface area contributed by atoms with E-state index in [1.54, 1.807) is 6.20 Å². The van der Waals surface area contributed by atoms with Crippen molar-refractivity contribution in [1.82, 2.24) is 10.3 Å².